The number of halogens is 3. The number of benzene rings is 1. The minimum Gasteiger partial charge on any atom is -0.343 e. The van der Waals surface area contributed by atoms with Crippen molar-refractivity contribution >= 4 is 55.3 Å². The van der Waals surface area contributed by atoms with Gasteiger partial charge >= 0.3 is 0 Å². The van der Waals surface area contributed by atoms with Crippen LogP contribution in [0, 0.1) is 11.8 Å². The largest absolute Gasteiger partial charge is 0.343 e. The number of likely N-dealkylation sites (N-methyl/N-ethyl adjacent to an activating group) is 1. The van der Waals surface area contributed by atoms with Gasteiger partial charge in [-0.3, -0.25) is 19.5 Å². The molecule has 2 fully saturated rings. The number of hydrogen-bond acceptors (Lipinski definition) is 4. The monoisotopic (exact) mass is 706 g/mol. The number of aryl methyl sites for hydroxylation is 2. The molecule has 2 amide bonds. The first kappa shape index (κ1) is 31.0. The number of pyridine rings is 1. The number of piperidine rings is 2. The van der Waals surface area contributed by atoms with E-state index in [-0.39, 0.29) is 17.7 Å². The van der Waals surface area contributed by atoms with Crippen molar-refractivity contribution in [2.75, 3.05) is 45.8 Å². The van der Waals surface area contributed by atoms with E-state index in [1.165, 1.54) is 22.4 Å². The summed E-state index contributed by atoms with van der Waals surface area (Å²) in [6.45, 7) is 9.46. The summed E-state index contributed by atoms with van der Waals surface area (Å²) in [5.74, 6) is 1.50. The standard InChI is InChI=1S/C32H41Br2ClN4O2/c1-3-38(4-2)29(41)20-37-11-7-21(8-12-37)15-28(40)39-13-9-22(10-14-39)31-30-23(17-26(35)18-27(30)34)5-6-24-16-25(33)19-36-32(24)31/h16-19,21-22,31H,3-15,20H2,1-2H3/t31-/m1/s1. The molecule has 3 aliphatic rings. The lowest BCUT2D eigenvalue weighted by Gasteiger charge is -2.38. The Hall–Kier alpha value is -1.48. The Morgan fingerprint density at radius 3 is 2.34 bits per heavy atom. The van der Waals surface area contributed by atoms with Crippen LogP contribution in [0.25, 0.3) is 0 Å². The highest BCUT2D eigenvalue weighted by molar-refractivity contribution is 9.10. The van der Waals surface area contributed by atoms with Gasteiger partial charge in [0.25, 0.3) is 0 Å². The lowest BCUT2D eigenvalue weighted by molar-refractivity contribution is -0.135. The summed E-state index contributed by atoms with van der Waals surface area (Å²) >= 11 is 14.0. The van der Waals surface area contributed by atoms with Crippen LogP contribution in [0.4, 0.5) is 0 Å². The van der Waals surface area contributed by atoms with Gasteiger partial charge < -0.3 is 9.80 Å². The summed E-state index contributed by atoms with van der Waals surface area (Å²) in [4.78, 5) is 37.1. The number of hydrogen-bond donors (Lipinski definition) is 0. The van der Waals surface area contributed by atoms with Gasteiger partial charge in [-0.1, -0.05) is 27.5 Å². The van der Waals surface area contributed by atoms with Crippen LogP contribution in [0.15, 0.2) is 33.3 Å². The highest BCUT2D eigenvalue weighted by Crippen LogP contribution is 2.46. The quantitative estimate of drug-likeness (QED) is 0.322. The van der Waals surface area contributed by atoms with Crippen molar-refractivity contribution in [3.05, 3.63) is 60.7 Å². The van der Waals surface area contributed by atoms with Crippen LogP contribution in [0.5, 0.6) is 0 Å². The third-order valence-electron chi connectivity index (χ3n) is 9.43. The van der Waals surface area contributed by atoms with Crippen LogP contribution in [0.3, 0.4) is 0 Å². The summed E-state index contributed by atoms with van der Waals surface area (Å²) in [6.07, 6.45) is 8.33. The maximum Gasteiger partial charge on any atom is 0.236 e. The van der Waals surface area contributed by atoms with Gasteiger partial charge in [0, 0.05) is 58.7 Å². The molecule has 41 heavy (non-hydrogen) atoms. The second-order valence-corrected chi connectivity index (χ2v) is 14.1. The first-order valence-electron chi connectivity index (χ1n) is 15.2. The lowest BCUT2D eigenvalue weighted by Crippen LogP contribution is -2.44. The third-order valence-corrected chi connectivity index (χ3v) is 10.7. The molecule has 5 rings (SSSR count). The molecule has 1 aliphatic carbocycles. The average Bonchev–Trinajstić information content (AvgIpc) is 3.11. The molecule has 6 nitrogen and oxygen atoms in total. The van der Waals surface area contributed by atoms with Crippen molar-refractivity contribution in [3.63, 3.8) is 0 Å². The van der Waals surface area contributed by atoms with Crippen LogP contribution >= 0.6 is 43.5 Å². The van der Waals surface area contributed by atoms with Gasteiger partial charge in [0.05, 0.1) is 12.2 Å². The Morgan fingerprint density at radius 2 is 1.66 bits per heavy atom. The Bertz CT molecular complexity index is 1250. The Kier molecular flexibility index (Phi) is 10.5. The number of rotatable bonds is 7. The number of carbonyl (C=O) groups is 2. The second-order valence-electron chi connectivity index (χ2n) is 11.8. The summed E-state index contributed by atoms with van der Waals surface area (Å²) < 4.78 is 2.08. The number of fused-ring (bicyclic) bond motifs is 2. The molecule has 9 heteroatoms. The van der Waals surface area contributed by atoms with Crippen LogP contribution < -0.4 is 0 Å². The van der Waals surface area contributed by atoms with Crippen molar-refractivity contribution in [1.29, 1.82) is 0 Å². The molecule has 1 aromatic heterocycles. The average molecular weight is 709 g/mol. The van der Waals surface area contributed by atoms with E-state index in [9.17, 15) is 9.59 Å². The SMILES string of the molecule is CCN(CC)C(=O)CN1CCC(CC(=O)N2CCC([C@H]3c4ncc(Br)cc4CCc4cc(Cl)cc(Br)c43)CC2)CC1. The van der Waals surface area contributed by atoms with E-state index in [1.807, 2.05) is 31.0 Å². The molecule has 2 aromatic rings. The Balaban J connectivity index is 1.20. The van der Waals surface area contributed by atoms with E-state index >= 15 is 0 Å². The van der Waals surface area contributed by atoms with Crippen molar-refractivity contribution in [2.45, 2.75) is 64.7 Å². The zero-order valence-electron chi connectivity index (χ0n) is 24.2. The summed E-state index contributed by atoms with van der Waals surface area (Å²) in [7, 11) is 0. The predicted molar refractivity (Wildman–Crippen MR) is 171 cm³/mol. The molecule has 0 spiro atoms. The lowest BCUT2D eigenvalue weighted by atomic mass is 9.76. The molecule has 0 bridgehead atoms. The summed E-state index contributed by atoms with van der Waals surface area (Å²) in [5.41, 5.74) is 5.09. The molecule has 0 radical (unpaired) electrons. The molecule has 0 saturated carbocycles. The number of amides is 2. The van der Waals surface area contributed by atoms with Crippen molar-refractivity contribution < 1.29 is 9.59 Å². The zero-order valence-corrected chi connectivity index (χ0v) is 28.1. The predicted octanol–water partition coefficient (Wildman–Crippen LogP) is 6.70. The summed E-state index contributed by atoms with van der Waals surface area (Å²) in [6, 6.07) is 6.36. The zero-order chi connectivity index (χ0) is 29.1. The van der Waals surface area contributed by atoms with Crippen molar-refractivity contribution in [1.82, 2.24) is 19.7 Å². The van der Waals surface area contributed by atoms with E-state index in [1.54, 1.807) is 0 Å². The van der Waals surface area contributed by atoms with Crippen molar-refractivity contribution in [2.24, 2.45) is 11.8 Å². The summed E-state index contributed by atoms with van der Waals surface area (Å²) in [5, 5.41) is 0.760. The molecule has 2 saturated heterocycles. The molecule has 2 aliphatic heterocycles. The van der Waals surface area contributed by atoms with Crippen LogP contribution in [-0.2, 0) is 22.4 Å². The van der Waals surface area contributed by atoms with Crippen molar-refractivity contribution in [3.8, 4) is 0 Å². The normalized spacial score (nSPS) is 20.3. The highest BCUT2D eigenvalue weighted by atomic mass is 79.9. The first-order chi connectivity index (χ1) is 19.8. The van der Waals surface area contributed by atoms with E-state index in [0.29, 0.717) is 24.8 Å². The van der Waals surface area contributed by atoms with Gasteiger partial charge in [-0.05, 0) is 128 Å². The van der Waals surface area contributed by atoms with Gasteiger partial charge in [-0.25, -0.2) is 0 Å². The van der Waals surface area contributed by atoms with Gasteiger partial charge in [-0.2, -0.15) is 0 Å². The number of likely N-dealkylation sites (tertiary alicyclic amines) is 2. The highest BCUT2D eigenvalue weighted by Gasteiger charge is 2.36. The van der Waals surface area contributed by atoms with E-state index < -0.39 is 0 Å². The van der Waals surface area contributed by atoms with Gasteiger partial charge in [0.2, 0.25) is 11.8 Å². The number of carbonyl (C=O) groups excluding carboxylic acids is 2. The molecule has 1 aromatic carbocycles. The van der Waals surface area contributed by atoms with Gasteiger partial charge in [-0.15, -0.1) is 0 Å². The van der Waals surface area contributed by atoms with Crippen LogP contribution in [0.1, 0.15) is 74.3 Å². The van der Waals surface area contributed by atoms with E-state index in [0.717, 1.165) is 91.8 Å². The molecule has 222 valence electrons. The molecular formula is C32H41Br2ClN4O2. The molecule has 1 atom stereocenters. The molecule has 3 heterocycles. The van der Waals surface area contributed by atoms with Crippen LogP contribution in [-0.4, -0.2) is 77.3 Å². The second kappa shape index (κ2) is 13.9. The fourth-order valence-electron chi connectivity index (χ4n) is 7.10. The molecule has 0 unspecified atom stereocenters. The maximum absolute atomic E-state index is 13.4. The fourth-order valence-corrected chi connectivity index (χ4v) is 8.60. The molecular weight excluding hydrogens is 668 g/mol. The minimum atomic E-state index is 0.183. The van der Waals surface area contributed by atoms with E-state index in [4.69, 9.17) is 16.6 Å². The Labute approximate surface area is 266 Å². The smallest absolute Gasteiger partial charge is 0.236 e. The number of nitrogens with zero attached hydrogens (tertiary/aromatic N) is 4. The molecule has 0 N–H and O–H groups in total. The fraction of sp³-hybridized carbons (Fsp3) is 0.594. The Morgan fingerprint density at radius 1 is 0.976 bits per heavy atom. The minimum absolute atomic E-state index is 0.183. The maximum atomic E-state index is 13.4. The van der Waals surface area contributed by atoms with Crippen LogP contribution in [0.2, 0.25) is 5.02 Å². The third kappa shape index (κ3) is 7.19. The van der Waals surface area contributed by atoms with Gasteiger partial charge in [0.15, 0.2) is 0 Å². The topological polar surface area (TPSA) is 56.8 Å². The van der Waals surface area contributed by atoms with Gasteiger partial charge in [0.1, 0.15) is 0 Å². The van der Waals surface area contributed by atoms with E-state index in [2.05, 4.69) is 53.8 Å². The number of aromatic nitrogens is 1. The first-order valence-corrected chi connectivity index (χ1v) is 17.1.